The lowest BCUT2D eigenvalue weighted by atomic mass is 9.84. The molecule has 3 aromatic rings. The molecule has 36 heavy (non-hydrogen) atoms. The standard InChI is InChI=1S/C28H22ClN3O4/c1-36-21-9-5-4-8-20(21)32-27(34)22-23(28(32)35)25(26(33)30-18-12-10-17(29)11-13-18)31-15-14-16-6-2-3-7-19(16)24(22)31/h2-15,22-25H,1H3,(H,30,33)/t22-,23+,24?,25-/m1/s1. The quantitative estimate of drug-likeness (QED) is 0.535. The number of carbonyl (C=O) groups excluding carboxylic acids is 3. The summed E-state index contributed by atoms with van der Waals surface area (Å²) >= 11 is 5.99. The summed E-state index contributed by atoms with van der Waals surface area (Å²) in [5.74, 6) is -2.28. The Bertz CT molecular complexity index is 1420. The summed E-state index contributed by atoms with van der Waals surface area (Å²) in [7, 11) is 1.50. The van der Waals surface area contributed by atoms with Crippen molar-refractivity contribution >= 4 is 46.8 Å². The van der Waals surface area contributed by atoms with E-state index in [1.54, 1.807) is 48.5 Å². The van der Waals surface area contributed by atoms with Crippen molar-refractivity contribution in [3.05, 3.63) is 95.1 Å². The molecular formula is C28H22ClN3O4. The highest BCUT2D eigenvalue weighted by atomic mass is 35.5. The molecule has 0 saturated carbocycles. The Balaban J connectivity index is 1.45. The SMILES string of the molecule is COc1ccccc1N1C(=O)[C@H]2[C@@H](C1=O)C1c3ccccc3C=CN1[C@H]2C(=O)Nc1ccc(Cl)cc1. The van der Waals surface area contributed by atoms with E-state index in [4.69, 9.17) is 16.3 Å². The van der Waals surface area contributed by atoms with E-state index in [-0.39, 0.29) is 11.8 Å². The van der Waals surface area contributed by atoms with Crippen LogP contribution in [0.5, 0.6) is 5.75 Å². The number of hydrogen-bond donors (Lipinski definition) is 1. The van der Waals surface area contributed by atoms with Gasteiger partial charge in [0.05, 0.1) is 30.7 Å². The zero-order valence-electron chi connectivity index (χ0n) is 19.3. The van der Waals surface area contributed by atoms with Crippen LogP contribution in [0.1, 0.15) is 17.2 Å². The molecule has 3 aromatic carbocycles. The molecule has 1 N–H and O–H groups in total. The maximum absolute atomic E-state index is 13.9. The van der Waals surface area contributed by atoms with Gasteiger partial charge in [-0.05, 0) is 53.6 Å². The predicted molar refractivity (Wildman–Crippen MR) is 136 cm³/mol. The van der Waals surface area contributed by atoms with Gasteiger partial charge in [0.2, 0.25) is 17.7 Å². The third-order valence-electron chi connectivity index (χ3n) is 7.17. The Morgan fingerprint density at radius 2 is 1.61 bits per heavy atom. The highest BCUT2D eigenvalue weighted by molar-refractivity contribution is 6.30. The van der Waals surface area contributed by atoms with Crippen molar-refractivity contribution in [2.45, 2.75) is 12.1 Å². The number of methoxy groups -OCH3 is 1. The topological polar surface area (TPSA) is 79.0 Å². The number of nitrogens with zero attached hydrogens (tertiary/aromatic N) is 2. The molecule has 180 valence electrons. The molecule has 0 aliphatic carbocycles. The number of halogens is 1. The number of benzene rings is 3. The number of para-hydroxylation sites is 2. The molecule has 1 unspecified atom stereocenters. The number of hydrogen-bond acceptors (Lipinski definition) is 5. The van der Waals surface area contributed by atoms with Gasteiger partial charge in [-0.1, -0.05) is 48.0 Å². The molecule has 3 aliphatic rings. The maximum atomic E-state index is 13.9. The van der Waals surface area contributed by atoms with E-state index < -0.39 is 29.8 Å². The van der Waals surface area contributed by atoms with E-state index in [0.717, 1.165) is 11.1 Å². The summed E-state index contributed by atoms with van der Waals surface area (Å²) in [6.45, 7) is 0. The Kier molecular flexibility index (Phi) is 5.30. The average Bonchev–Trinajstić information content (AvgIpc) is 3.38. The molecule has 3 aliphatic heterocycles. The average molecular weight is 500 g/mol. The minimum Gasteiger partial charge on any atom is -0.495 e. The number of fused-ring (bicyclic) bond motifs is 5. The fourth-order valence-electron chi connectivity index (χ4n) is 5.66. The summed E-state index contributed by atoms with van der Waals surface area (Å²) < 4.78 is 5.44. The first-order valence-corrected chi connectivity index (χ1v) is 12.0. The second-order valence-electron chi connectivity index (χ2n) is 9.01. The number of carbonyl (C=O) groups is 3. The van der Waals surface area contributed by atoms with Crippen LogP contribution in [0, 0.1) is 11.8 Å². The zero-order chi connectivity index (χ0) is 25.0. The Hall–Kier alpha value is -4.10. The number of ether oxygens (including phenoxy) is 1. The van der Waals surface area contributed by atoms with E-state index >= 15 is 0 Å². The van der Waals surface area contributed by atoms with Crippen LogP contribution in [0.2, 0.25) is 5.02 Å². The largest absolute Gasteiger partial charge is 0.495 e. The van der Waals surface area contributed by atoms with Gasteiger partial charge in [-0.15, -0.1) is 0 Å². The lowest BCUT2D eigenvalue weighted by Gasteiger charge is -2.35. The van der Waals surface area contributed by atoms with Gasteiger partial charge in [-0.2, -0.15) is 0 Å². The van der Waals surface area contributed by atoms with Crippen LogP contribution in [-0.2, 0) is 14.4 Å². The van der Waals surface area contributed by atoms with Crippen LogP contribution in [-0.4, -0.2) is 35.8 Å². The molecule has 8 heteroatoms. The number of rotatable bonds is 4. The van der Waals surface area contributed by atoms with Crippen molar-refractivity contribution in [3.8, 4) is 5.75 Å². The molecule has 7 nitrogen and oxygen atoms in total. The molecular weight excluding hydrogens is 478 g/mol. The normalized spacial score (nSPS) is 23.8. The van der Waals surface area contributed by atoms with Crippen molar-refractivity contribution in [1.29, 1.82) is 0 Å². The highest BCUT2D eigenvalue weighted by Gasteiger charge is 2.64. The summed E-state index contributed by atoms with van der Waals surface area (Å²) in [5.41, 5.74) is 2.82. The Labute approximate surface area is 212 Å². The van der Waals surface area contributed by atoms with Gasteiger partial charge in [-0.25, -0.2) is 4.90 Å². The van der Waals surface area contributed by atoms with Gasteiger partial charge in [0.25, 0.3) is 0 Å². The van der Waals surface area contributed by atoms with Crippen molar-refractivity contribution < 1.29 is 19.1 Å². The van der Waals surface area contributed by atoms with Crippen LogP contribution >= 0.6 is 11.6 Å². The summed E-state index contributed by atoms with van der Waals surface area (Å²) in [6, 6.07) is 20.1. The molecule has 3 amide bonds. The minimum atomic E-state index is -0.878. The molecule has 4 atom stereocenters. The first-order chi connectivity index (χ1) is 17.5. The van der Waals surface area contributed by atoms with E-state index in [1.165, 1.54) is 12.0 Å². The zero-order valence-corrected chi connectivity index (χ0v) is 20.1. The number of anilines is 2. The fourth-order valence-corrected chi connectivity index (χ4v) is 5.78. The fraction of sp³-hybridized carbons (Fsp3) is 0.179. The minimum absolute atomic E-state index is 0.337. The summed E-state index contributed by atoms with van der Waals surface area (Å²) in [5, 5.41) is 3.46. The van der Waals surface area contributed by atoms with E-state index in [9.17, 15) is 14.4 Å². The molecule has 6 rings (SSSR count). The number of imide groups is 1. The first-order valence-electron chi connectivity index (χ1n) is 11.6. The van der Waals surface area contributed by atoms with E-state index in [1.807, 2.05) is 41.4 Å². The second kappa shape index (κ2) is 8.53. The maximum Gasteiger partial charge on any atom is 0.247 e. The van der Waals surface area contributed by atoms with Gasteiger partial charge in [-0.3, -0.25) is 14.4 Å². The van der Waals surface area contributed by atoms with Crippen molar-refractivity contribution in [3.63, 3.8) is 0 Å². The Morgan fingerprint density at radius 1 is 0.917 bits per heavy atom. The number of amides is 3. The monoisotopic (exact) mass is 499 g/mol. The summed E-state index contributed by atoms with van der Waals surface area (Å²) in [4.78, 5) is 44.6. The molecule has 3 heterocycles. The molecule has 0 radical (unpaired) electrons. The predicted octanol–water partition coefficient (Wildman–Crippen LogP) is 4.50. The molecule has 2 fully saturated rings. The molecule has 2 saturated heterocycles. The number of nitrogens with one attached hydrogen (secondary N) is 1. The van der Waals surface area contributed by atoms with Gasteiger partial charge in [0.1, 0.15) is 11.8 Å². The van der Waals surface area contributed by atoms with Crippen molar-refractivity contribution in [2.24, 2.45) is 11.8 Å². The molecule has 0 bridgehead atoms. The highest BCUT2D eigenvalue weighted by Crippen LogP contribution is 2.54. The molecule has 0 aromatic heterocycles. The van der Waals surface area contributed by atoms with Crippen LogP contribution in [0.4, 0.5) is 11.4 Å². The first kappa shape index (κ1) is 22.4. The van der Waals surface area contributed by atoms with E-state index in [2.05, 4.69) is 5.32 Å². The van der Waals surface area contributed by atoms with Crippen LogP contribution < -0.4 is 15.0 Å². The summed E-state index contributed by atoms with van der Waals surface area (Å²) in [6.07, 6.45) is 3.74. The van der Waals surface area contributed by atoms with Crippen molar-refractivity contribution in [2.75, 3.05) is 17.3 Å². The molecule has 0 spiro atoms. The smallest absolute Gasteiger partial charge is 0.247 e. The lowest BCUT2D eigenvalue weighted by molar-refractivity contribution is -0.128. The van der Waals surface area contributed by atoms with Gasteiger partial charge < -0.3 is 15.0 Å². The van der Waals surface area contributed by atoms with Crippen molar-refractivity contribution in [1.82, 2.24) is 4.90 Å². The van der Waals surface area contributed by atoms with Gasteiger partial charge >= 0.3 is 0 Å². The van der Waals surface area contributed by atoms with Crippen LogP contribution in [0.25, 0.3) is 6.08 Å². The van der Waals surface area contributed by atoms with Crippen LogP contribution in [0.15, 0.2) is 79.0 Å². The second-order valence-corrected chi connectivity index (χ2v) is 9.45. The van der Waals surface area contributed by atoms with E-state index in [0.29, 0.717) is 22.1 Å². The third kappa shape index (κ3) is 3.31. The van der Waals surface area contributed by atoms with Gasteiger partial charge in [0, 0.05) is 16.9 Å². The lowest BCUT2D eigenvalue weighted by Crippen LogP contribution is -2.46. The van der Waals surface area contributed by atoms with Gasteiger partial charge in [0.15, 0.2) is 0 Å². The van der Waals surface area contributed by atoms with Crippen LogP contribution in [0.3, 0.4) is 0 Å². The Morgan fingerprint density at radius 3 is 2.39 bits per heavy atom. The third-order valence-corrected chi connectivity index (χ3v) is 7.42.